The minimum Gasteiger partial charge on any atom is -0.449 e. The Morgan fingerprint density at radius 3 is 2.28 bits per heavy atom. The van der Waals surface area contributed by atoms with Crippen LogP contribution in [0.1, 0.15) is 33.3 Å². The van der Waals surface area contributed by atoms with E-state index in [4.69, 9.17) is 4.74 Å². The summed E-state index contributed by atoms with van der Waals surface area (Å²) in [7, 11) is 0. The van der Waals surface area contributed by atoms with Gasteiger partial charge in [-0.2, -0.15) is 0 Å². The third-order valence-corrected chi connectivity index (χ3v) is 3.66. The smallest absolute Gasteiger partial charge is 0.331 e. The first-order chi connectivity index (χ1) is 11.6. The molecule has 2 N–H and O–H groups in total. The Morgan fingerprint density at radius 2 is 1.76 bits per heavy atom. The van der Waals surface area contributed by atoms with Crippen molar-refractivity contribution in [2.75, 3.05) is 6.26 Å². The van der Waals surface area contributed by atoms with Crippen molar-refractivity contribution < 1.29 is 19.1 Å². The Hall–Kier alpha value is -2.28. The van der Waals surface area contributed by atoms with Crippen LogP contribution in [0.2, 0.25) is 0 Å². The molecule has 0 aliphatic rings. The van der Waals surface area contributed by atoms with E-state index in [1.165, 1.54) is 13.0 Å². The standard InChI is InChI=1S/C18H24N2O4S/c1-12(16(22)19-17(23)20-18(2,3)4)24-15(21)11-8-13-6-9-14(25-5)10-7-13/h6-12H,1-5H3,(H2,19,20,22,23)/b11-8+/t12-/m1/s1. The number of ether oxygens (including phenoxy) is 1. The molecule has 0 heterocycles. The molecule has 0 aromatic heterocycles. The van der Waals surface area contributed by atoms with Gasteiger partial charge >= 0.3 is 12.0 Å². The summed E-state index contributed by atoms with van der Waals surface area (Å²) in [5.41, 5.74) is 0.371. The van der Waals surface area contributed by atoms with Gasteiger partial charge in [-0.15, -0.1) is 11.8 Å². The highest BCUT2D eigenvalue weighted by atomic mass is 32.2. The van der Waals surface area contributed by atoms with Gasteiger partial charge in [0, 0.05) is 16.5 Å². The van der Waals surface area contributed by atoms with Crippen molar-refractivity contribution in [3.63, 3.8) is 0 Å². The maximum atomic E-state index is 11.8. The first-order valence-corrected chi connectivity index (χ1v) is 8.99. The maximum absolute atomic E-state index is 11.8. The highest BCUT2D eigenvalue weighted by Crippen LogP contribution is 2.15. The lowest BCUT2D eigenvalue weighted by Crippen LogP contribution is -2.50. The number of hydrogen-bond donors (Lipinski definition) is 2. The van der Waals surface area contributed by atoms with Crippen LogP contribution in [0.25, 0.3) is 6.08 Å². The lowest BCUT2D eigenvalue weighted by Gasteiger charge is -2.21. The minimum atomic E-state index is -1.08. The van der Waals surface area contributed by atoms with E-state index in [0.717, 1.165) is 10.5 Å². The van der Waals surface area contributed by atoms with Gasteiger partial charge in [0.1, 0.15) is 0 Å². The number of rotatable bonds is 5. The third kappa shape index (κ3) is 8.39. The van der Waals surface area contributed by atoms with Gasteiger partial charge < -0.3 is 10.1 Å². The number of nitrogens with one attached hydrogen (secondary N) is 2. The molecule has 0 aliphatic heterocycles. The molecule has 1 aromatic rings. The highest BCUT2D eigenvalue weighted by Gasteiger charge is 2.21. The number of urea groups is 1. The molecule has 25 heavy (non-hydrogen) atoms. The summed E-state index contributed by atoms with van der Waals surface area (Å²) in [5, 5.41) is 4.72. The van der Waals surface area contributed by atoms with E-state index in [9.17, 15) is 14.4 Å². The van der Waals surface area contributed by atoms with Crippen LogP contribution in [0, 0.1) is 0 Å². The fraction of sp³-hybridized carbons (Fsp3) is 0.389. The first-order valence-electron chi connectivity index (χ1n) is 7.76. The lowest BCUT2D eigenvalue weighted by molar-refractivity contribution is -0.149. The number of benzene rings is 1. The summed E-state index contributed by atoms with van der Waals surface area (Å²) < 4.78 is 4.99. The molecule has 0 bridgehead atoms. The topological polar surface area (TPSA) is 84.5 Å². The van der Waals surface area contributed by atoms with E-state index in [1.807, 2.05) is 30.5 Å². The van der Waals surface area contributed by atoms with Gasteiger partial charge in [0.2, 0.25) is 0 Å². The zero-order valence-electron chi connectivity index (χ0n) is 15.1. The molecule has 3 amide bonds. The Labute approximate surface area is 152 Å². The van der Waals surface area contributed by atoms with Crippen LogP contribution in [0.5, 0.6) is 0 Å². The molecule has 0 fully saturated rings. The molecule has 1 atom stereocenters. The van der Waals surface area contributed by atoms with Crippen LogP contribution in [-0.4, -0.2) is 35.8 Å². The molecule has 0 unspecified atom stereocenters. The average molecular weight is 364 g/mol. The second kappa shape index (κ2) is 9.27. The highest BCUT2D eigenvalue weighted by molar-refractivity contribution is 7.98. The average Bonchev–Trinajstić information content (AvgIpc) is 2.51. The number of hydrogen-bond acceptors (Lipinski definition) is 5. The first kappa shape index (κ1) is 20.8. The molecule has 136 valence electrons. The molecule has 0 spiro atoms. The summed E-state index contributed by atoms with van der Waals surface area (Å²) in [6.07, 6.45) is 3.74. The minimum absolute atomic E-state index is 0.473. The van der Waals surface area contributed by atoms with Gasteiger partial charge in [0.25, 0.3) is 5.91 Å². The monoisotopic (exact) mass is 364 g/mol. The predicted molar refractivity (Wildman–Crippen MR) is 99.2 cm³/mol. The van der Waals surface area contributed by atoms with Crippen molar-refractivity contribution >= 4 is 35.7 Å². The van der Waals surface area contributed by atoms with Crippen LogP contribution in [0.15, 0.2) is 35.2 Å². The molecular formula is C18H24N2O4S. The molecule has 7 heteroatoms. The van der Waals surface area contributed by atoms with E-state index in [2.05, 4.69) is 10.6 Å². The normalized spacial score (nSPS) is 12.5. The van der Waals surface area contributed by atoms with Crippen molar-refractivity contribution in [1.82, 2.24) is 10.6 Å². The van der Waals surface area contributed by atoms with Gasteiger partial charge in [-0.05, 0) is 57.7 Å². The third-order valence-electron chi connectivity index (χ3n) is 2.92. The summed E-state index contributed by atoms with van der Waals surface area (Å²) in [4.78, 5) is 36.4. The molecule has 1 aromatic carbocycles. The maximum Gasteiger partial charge on any atom is 0.331 e. The summed E-state index contributed by atoms with van der Waals surface area (Å²) >= 11 is 1.63. The van der Waals surface area contributed by atoms with Gasteiger partial charge in [-0.1, -0.05) is 12.1 Å². The zero-order valence-corrected chi connectivity index (χ0v) is 15.9. The number of imide groups is 1. The zero-order chi connectivity index (χ0) is 19.0. The molecule has 0 saturated heterocycles. The SMILES string of the molecule is CSc1ccc(/C=C/C(=O)O[C@H](C)C(=O)NC(=O)NC(C)(C)C)cc1. The molecule has 1 rings (SSSR count). The largest absolute Gasteiger partial charge is 0.449 e. The summed E-state index contributed by atoms with van der Waals surface area (Å²) in [5.74, 6) is -1.35. The van der Waals surface area contributed by atoms with Crippen LogP contribution in [-0.2, 0) is 14.3 Å². The van der Waals surface area contributed by atoms with E-state index in [0.29, 0.717) is 0 Å². The van der Waals surface area contributed by atoms with Crippen LogP contribution in [0.3, 0.4) is 0 Å². The Kier molecular flexibility index (Phi) is 7.70. The number of esters is 1. The van der Waals surface area contributed by atoms with Crippen molar-refractivity contribution in [3.8, 4) is 0 Å². The predicted octanol–water partition coefficient (Wildman–Crippen LogP) is 2.98. The number of amides is 3. The van der Waals surface area contributed by atoms with E-state index in [1.54, 1.807) is 38.6 Å². The molecule has 0 saturated carbocycles. The second-order valence-corrected chi connectivity index (χ2v) is 7.26. The van der Waals surface area contributed by atoms with E-state index >= 15 is 0 Å². The fourth-order valence-corrected chi connectivity index (χ4v) is 2.14. The van der Waals surface area contributed by atoms with Crippen molar-refractivity contribution in [2.24, 2.45) is 0 Å². The van der Waals surface area contributed by atoms with E-state index < -0.39 is 29.6 Å². The van der Waals surface area contributed by atoms with Gasteiger partial charge in [0.05, 0.1) is 0 Å². The Balaban J connectivity index is 2.50. The summed E-state index contributed by atoms with van der Waals surface area (Å²) in [6, 6.07) is 7.01. The van der Waals surface area contributed by atoms with Crippen LogP contribution < -0.4 is 10.6 Å². The quantitative estimate of drug-likeness (QED) is 0.477. The van der Waals surface area contributed by atoms with Gasteiger partial charge in [0.15, 0.2) is 6.10 Å². The molecule has 0 radical (unpaired) electrons. The summed E-state index contributed by atoms with van der Waals surface area (Å²) in [6.45, 7) is 6.77. The number of carbonyl (C=O) groups is 3. The Bertz CT molecular complexity index is 648. The van der Waals surface area contributed by atoms with E-state index in [-0.39, 0.29) is 0 Å². The fourth-order valence-electron chi connectivity index (χ4n) is 1.73. The number of thioether (sulfide) groups is 1. The molecule has 0 aliphatic carbocycles. The van der Waals surface area contributed by atoms with Gasteiger partial charge in [-0.25, -0.2) is 9.59 Å². The van der Waals surface area contributed by atoms with Crippen LogP contribution >= 0.6 is 11.8 Å². The van der Waals surface area contributed by atoms with Crippen molar-refractivity contribution in [2.45, 2.75) is 44.2 Å². The lowest BCUT2D eigenvalue weighted by atomic mass is 10.1. The van der Waals surface area contributed by atoms with Crippen molar-refractivity contribution in [3.05, 3.63) is 35.9 Å². The van der Waals surface area contributed by atoms with Crippen molar-refractivity contribution in [1.29, 1.82) is 0 Å². The van der Waals surface area contributed by atoms with Crippen LogP contribution in [0.4, 0.5) is 4.79 Å². The van der Waals surface area contributed by atoms with Gasteiger partial charge in [-0.3, -0.25) is 10.1 Å². The molecular weight excluding hydrogens is 340 g/mol. The second-order valence-electron chi connectivity index (χ2n) is 6.38. The Morgan fingerprint density at radius 1 is 1.16 bits per heavy atom. The molecule has 6 nitrogen and oxygen atoms in total. The number of carbonyl (C=O) groups excluding carboxylic acids is 3.